The Kier molecular flexibility index (Phi) is 10.9. The lowest BCUT2D eigenvalue weighted by atomic mass is 9.95. The second-order valence-electron chi connectivity index (χ2n) is 10.8. The second kappa shape index (κ2) is 14.4. The van der Waals surface area contributed by atoms with E-state index in [1.54, 1.807) is 25.1 Å². The minimum Gasteiger partial charge on any atom is -0.352 e. The summed E-state index contributed by atoms with van der Waals surface area (Å²) < 4.78 is 29.0. The predicted octanol–water partition coefficient (Wildman–Crippen LogP) is 6.41. The first-order valence-electron chi connectivity index (χ1n) is 14.2. The molecule has 1 N–H and O–H groups in total. The van der Waals surface area contributed by atoms with E-state index in [4.69, 9.17) is 23.2 Å². The average Bonchev–Trinajstić information content (AvgIpc) is 2.98. The molecule has 4 rings (SSSR count). The lowest BCUT2D eigenvalue weighted by Gasteiger charge is -2.33. The van der Waals surface area contributed by atoms with Gasteiger partial charge in [0.15, 0.2) is 0 Å². The van der Waals surface area contributed by atoms with Gasteiger partial charge in [-0.2, -0.15) is 0 Å². The van der Waals surface area contributed by atoms with Crippen LogP contribution < -0.4 is 9.62 Å². The number of carbonyl (C=O) groups is 2. The molecular formula is C32H37Cl2N3O4S. The van der Waals surface area contributed by atoms with E-state index in [0.29, 0.717) is 6.42 Å². The minimum absolute atomic E-state index is 0.0101. The molecule has 1 aliphatic carbocycles. The first-order valence-corrected chi connectivity index (χ1v) is 16.4. The molecule has 1 saturated carbocycles. The van der Waals surface area contributed by atoms with Crippen LogP contribution in [0.2, 0.25) is 10.0 Å². The Labute approximate surface area is 258 Å². The molecule has 1 atom stereocenters. The van der Waals surface area contributed by atoms with Crippen LogP contribution in [0.3, 0.4) is 0 Å². The SMILES string of the molecule is Cc1ccc(S(=O)(=O)N(CC(=O)N(CCc2ccccc2)C(C)C(=O)NC2CCCCC2)c2cc(Cl)ccc2Cl)cc1. The zero-order valence-electron chi connectivity index (χ0n) is 23.9. The van der Waals surface area contributed by atoms with Gasteiger partial charge in [0.2, 0.25) is 11.8 Å². The monoisotopic (exact) mass is 629 g/mol. The smallest absolute Gasteiger partial charge is 0.264 e. The van der Waals surface area contributed by atoms with E-state index >= 15 is 0 Å². The van der Waals surface area contributed by atoms with Crippen molar-refractivity contribution in [1.82, 2.24) is 10.2 Å². The van der Waals surface area contributed by atoms with Crippen molar-refractivity contribution in [3.8, 4) is 0 Å². The summed E-state index contributed by atoms with van der Waals surface area (Å²) in [5.41, 5.74) is 1.97. The first kappa shape index (κ1) is 31.9. The molecule has 0 aromatic heterocycles. The van der Waals surface area contributed by atoms with Gasteiger partial charge in [0.25, 0.3) is 10.0 Å². The maximum atomic E-state index is 14.1. The van der Waals surface area contributed by atoms with Gasteiger partial charge in [-0.3, -0.25) is 13.9 Å². The third-order valence-corrected chi connectivity index (χ3v) is 10.00. The summed E-state index contributed by atoms with van der Waals surface area (Å²) >= 11 is 12.7. The molecule has 42 heavy (non-hydrogen) atoms. The van der Waals surface area contributed by atoms with E-state index in [1.807, 2.05) is 37.3 Å². The number of amides is 2. The van der Waals surface area contributed by atoms with Crippen LogP contribution in [0.5, 0.6) is 0 Å². The van der Waals surface area contributed by atoms with E-state index < -0.39 is 28.5 Å². The van der Waals surface area contributed by atoms with E-state index in [0.717, 1.165) is 47.5 Å². The quantitative estimate of drug-likeness (QED) is 0.266. The van der Waals surface area contributed by atoms with E-state index in [2.05, 4.69) is 5.32 Å². The summed E-state index contributed by atoms with van der Waals surface area (Å²) in [6.07, 6.45) is 5.58. The maximum absolute atomic E-state index is 14.1. The molecule has 1 fully saturated rings. The van der Waals surface area contributed by atoms with Crippen LogP contribution in [0.15, 0.2) is 77.7 Å². The average molecular weight is 631 g/mol. The molecule has 1 aliphatic rings. The summed E-state index contributed by atoms with van der Waals surface area (Å²) in [5.74, 6) is -0.777. The zero-order valence-corrected chi connectivity index (χ0v) is 26.3. The molecule has 2 amide bonds. The van der Waals surface area contributed by atoms with Crippen LogP contribution in [-0.4, -0.2) is 50.3 Å². The standard InChI is InChI=1S/C32H37Cl2N3O4S/c1-23-13-16-28(17-14-23)42(40,41)37(30-21-26(33)15-18-29(30)34)22-31(38)36(20-19-25-9-5-3-6-10-25)24(2)32(39)35-27-11-7-4-8-12-27/h3,5-6,9-10,13-18,21,24,27H,4,7-8,11-12,19-20,22H2,1-2H3,(H,35,39). The molecule has 0 aliphatic heterocycles. The van der Waals surface area contributed by atoms with Crippen LogP contribution in [0.4, 0.5) is 5.69 Å². The van der Waals surface area contributed by atoms with Gasteiger partial charge >= 0.3 is 0 Å². The fraction of sp³-hybridized carbons (Fsp3) is 0.375. The van der Waals surface area contributed by atoms with Crippen molar-refractivity contribution >= 4 is 50.7 Å². The number of anilines is 1. The Morgan fingerprint density at radius 3 is 2.29 bits per heavy atom. The fourth-order valence-electron chi connectivity index (χ4n) is 5.17. The van der Waals surface area contributed by atoms with E-state index in [-0.39, 0.29) is 39.1 Å². The Hall–Kier alpha value is -3.07. The highest BCUT2D eigenvalue weighted by atomic mass is 35.5. The summed E-state index contributed by atoms with van der Waals surface area (Å²) in [7, 11) is -4.23. The molecular weight excluding hydrogens is 593 g/mol. The molecule has 7 nitrogen and oxygen atoms in total. The second-order valence-corrected chi connectivity index (χ2v) is 13.5. The fourth-order valence-corrected chi connectivity index (χ4v) is 7.03. The van der Waals surface area contributed by atoms with Gasteiger partial charge in [0.1, 0.15) is 12.6 Å². The molecule has 0 saturated heterocycles. The maximum Gasteiger partial charge on any atom is 0.264 e. The number of rotatable bonds is 11. The van der Waals surface area contributed by atoms with E-state index in [9.17, 15) is 18.0 Å². The molecule has 0 heterocycles. The van der Waals surface area contributed by atoms with Gasteiger partial charge in [-0.15, -0.1) is 0 Å². The number of nitrogens with one attached hydrogen (secondary N) is 1. The van der Waals surface area contributed by atoms with Crippen molar-refractivity contribution in [2.45, 2.75) is 69.4 Å². The number of sulfonamides is 1. The van der Waals surface area contributed by atoms with Crippen molar-refractivity contribution in [2.24, 2.45) is 0 Å². The Balaban J connectivity index is 1.67. The van der Waals surface area contributed by atoms with Crippen molar-refractivity contribution < 1.29 is 18.0 Å². The van der Waals surface area contributed by atoms with Gasteiger partial charge in [0, 0.05) is 17.6 Å². The minimum atomic E-state index is -4.23. The summed E-state index contributed by atoms with van der Waals surface area (Å²) in [6, 6.07) is 19.7. The first-order chi connectivity index (χ1) is 20.1. The largest absolute Gasteiger partial charge is 0.352 e. The third-order valence-electron chi connectivity index (χ3n) is 7.67. The van der Waals surface area contributed by atoms with Crippen LogP contribution in [0, 0.1) is 6.92 Å². The Morgan fingerprint density at radius 2 is 1.62 bits per heavy atom. The van der Waals surface area contributed by atoms with Gasteiger partial charge in [-0.25, -0.2) is 8.42 Å². The molecule has 1 unspecified atom stereocenters. The number of hydrogen-bond acceptors (Lipinski definition) is 4. The third kappa shape index (κ3) is 8.06. The highest BCUT2D eigenvalue weighted by Gasteiger charge is 2.34. The van der Waals surface area contributed by atoms with Gasteiger partial charge in [-0.05, 0) is 69.0 Å². The molecule has 0 spiro atoms. The summed E-state index contributed by atoms with van der Waals surface area (Å²) in [5, 5.41) is 3.51. The normalized spacial score (nSPS) is 14.7. The number of benzene rings is 3. The lowest BCUT2D eigenvalue weighted by Crippen LogP contribution is -2.53. The van der Waals surface area contributed by atoms with Crippen molar-refractivity contribution in [3.63, 3.8) is 0 Å². The number of nitrogens with zero attached hydrogens (tertiary/aromatic N) is 2. The van der Waals surface area contributed by atoms with E-state index in [1.165, 1.54) is 29.2 Å². The molecule has 0 radical (unpaired) electrons. The summed E-state index contributed by atoms with van der Waals surface area (Å²) in [4.78, 5) is 28.9. The summed E-state index contributed by atoms with van der Waals surface area (Å²) in [6.45, 7) is 3.21. The van der Waals surface area contributed by atoms with Crippen LogP contribution >= 0.6 is 23.2 Å². The van der Waals surface area contributed by atoms with Crippen molar-refractivity contribution in [1.29, 1.82) is 0 Å². The number of halogens is 2. The number of carbonyl (C=O) groups excluding carboxylic acids is 2. The molecule has 3 aromatic carbocycles. The van der Waals surface area contributed by atoms with Crippen molar-refractivity contribution in [2.75, 3.05) is 17.4 Å². The number of aryl methyl sites for hydroxylation is 1. The van der Waals surface area contributed by atoms with Crippen LogP contribution in [0.25, 0.3) is 0 Å². The number of hydrogen-bond donors (Lipinski definition) is 1. The predicted molar refractivity (Wildman–Crippen MR) is 169 cm³/mol. The zero-order chi connectivity index (χ0) is 30.3. The molecule has 3 aromatic rings. The lowest BCUT2D eigenvalue weighted by molar-refractivity contribution is -0.139. The van der Waals surface area contributed by atoms with Crippen LogP contribution in [-0.2, 0) is 26.0 Å². The highest BCUT2D eigenvalue weighted by molar-refractivity contribution is 7.92. The van der Waals surface area contributed by atoms with Gasteiger partial charge in [0.05, 0.1) is 15.6 Å². The van der Waals surface area contributed by atoms with Gasteiger partial charge < -0.3 is 10.2 Å². The molecule has 10 heteroatoms. The Bertz CT molecular complexity index is 1480. The van der Waals surface area contributed by atoms with Crippen molar-refractivity contribution in [3.05, 3.63) is 94.0 Å². The highest BCUT2D eigenvalue weighted by Crippen LogP contribution is 2.33. The van der Waals surface area contributed by atoms with Gasteiger partial charge in [-0.1, -0.05) is 90.5 Å². The molecule has 224 valence electrons. The van der Waals surface area contributed by atoms with Crippen LogP contribution in [0.1, 0.15) is 50.2 Å². The Morgan fingerprint density at radius 1 is 0.952 bits per heavy atom. The topological polar surface area (TPSA) is 86.8 Å². The molecule has 0 bridgehead atoms.